The fourth-order valence-electron chi connectivity index (χ4n) is 4.62. The summed E-state index contributed by atoms with van der Waals surface area (Å²) in [4.78, 5) is 57.1. The Morgan fingerprint density at radius 3 is 2.48 bits per heavy atom. The molecule has 0 saturated carbocycles. The third kappa shape index (κ3) is 6.48. The number of amides is 3. The van der Waals surface area contributed by atoms with Gasteiger partial charge in [0.15, 0.2) is 0 Å². The molecule has 3 amide bonds. The van der Waals surface area contributed by atoms with Crippen molar-refractivity contribution < 1.29 is 29.0 Å². The highest BCUT2D eigenvalue weighted by molar-refractivity contribution is 5.91. The summed E-state index contributed by atoms with van der Waals surface area (Å²) in [5.41, 5.74) is 4.03. The van der Waals surface area contributed by atoms with Gasteiger partial charge >= 0.3 is 5.97 Å². The molecule has 5 unspecified atom stereocenters. The largest absolute Gasteiger partial charge is 0.449 e. The number of aliphatic hydroxyl groups excluding tert-OH is 1. The van der Waals surface area contributed by atoms with E-state index in [0.717, 1.165) is 16.5 Å². The van der Waals surface area contributed by atoms with Gasteiger partial charge < -0.3 is 20.5 Å². The number of pyridine rings is 1. The van der Waals surface area contributed by atoms with Gasteiger partial charge in [-0.25, -0.2) is 5.43 Å². The van der Waals surface area contributed by atoms with Gasteiger partial charge in [0.1, 0.15) is 12.1 Å². The van der Waals surface area contributed by atoms with Crippen LogP contribution in [0.15, 0.2) is 36.4 Å². The van der Waals surface area contributed by atoms with Gasteiger partial charge in [0.05, 0.1) is 28.8 Å². The lowest BCUT2D eigenvalue weighted by Gasteiger charge is -2.35. The Balaban J connectivity index is 1.70. The number of fused-ring (bicyclic) bond motifs is 4. The molecule has 1 aromatic carbocycles. The fraction of sp³-hybridized carbons (Fsp3) is 0.483. The first-order chi connectivity index (χ1) is 18.9. The summed E-state index contributed by atoms with van der Waals surface area (Å²) in [5, 5.41) is 18.0. The second-order valence-electron chi connectivity index (χ2n) is 11.1. The van der Waals surface area contributed by atoms with E-state index < -0.39 is 47.5 Å². The average Bonchev–Trinajstić information content (AvgIpc) is 2.92. The molecule has 5 atom stereocenters. The van der Waals surface area contributed by atoms with E-state index in [1.165, 1.54) is 18.9 Å². The zero-order chi connectivity index (χ0) is 29.2. The van der Waals surface area contributed by atoms with Gasteiger partial charge in [-0.1, -0.05) is 30.4 Å². The molecule has 0 spiro atoms. The normalized spacial score (nSPS) is 27.1. The Bertz CT molecular complexity index is 1340. The fourth-order valence-corrected chi connectivity index (χ4v) is 4.62. The van der Waals surface area contributed by atoms with E-state index in [9.17, 15) is 24.3 Å². The van der Waals surface area contributed by atoms with Gasteiger partial charge in [0.25, 0.3) is 11.8 Å². The average molecular weight is 552 g/mol. The monoisotopic (exact) mass is 551 g/mol. The Morgan fingerprint density at radius 2 is 1.75 bits per heavy atom. The van der Waals surface area contributed by atoms with Crippen LogP contribution in [0.5, 0.6) is 0 Å². The maximum absolute atomic E-state index is 13.1. The first kappa shape index (κ1) is 29.2. The van der Waals surface area contributed by atoms with Gasteiger partial charge in [-0.15, -0.1) is 0 Å². The third-order valence-corrected chi connectivity index (χ3v) is 7.19. The minimum atomic E-state index is -1.53. The van der Waals surface area contributed by atoms with Crippen molar-refractivity contribution in [3.05, 3.63) is 47.7 Å². The lowest BCUT2D eigenvalue weighted by Crippen LogP contribution is -2.61. The summed E-state index contributed by atoms with van der Waals surface area (Å²) in [5.74, 6) is -2.25. The second-order valence-corrected chi connectivity index (χ2v) is 11.1. The summed E-state index contributed by atoms with van der Waals surface area (Å²) >= 11 is 0. The first-order valence-corrected chi connectivity index (χ1v) is 13.5. The van der Waals surface area contributed by atoms with Gasteiger partial charge in [-0.2, -0.15) is 0 Å². The minimum absolute atomic E-state index is 0.269. The van der Waals surface area contributed by atoms with Crippen molar-refractivity contribution in [1.82, 2.24) is 26.1 Å². The number of hydrogen-bond acceptors (Lipinski definition) is 8. The molecule has 5 bridgehead atoms. The molecule has 0 aliphatic carbocycles. The lowest BCUT2D eigenvalue weighted by atomic mass is 9.92. The molecule has 2 aromatic rings. The van der Waals surface area contributed by atoms with E-state index in [1.807, 2.05) is 37.3 Å². The topological polar surface area (TPSA) is 150 Å². The molecule has 3 heterocycles. The number of carbonyl (C=O) groups is 4. The molecule has 2 aliphatic rings. The van der Waals surface area contributed by atoms with Crippen molar-refractivity contribution >= 4 is 40.7 Å². The molecule has 4 N–H and O–H groups in total. The second kappa shape index (κ2) is 11.7. The molecule has 1 saturated heterocycles. The van der Waals surface area contributed by atoms with Crippen LogP contribution in [0.2, 0.25) is 0 Å². The zero-order valence-corrected chi connectivity index (χ0v) is 23.4. The van der Waals surface area contributed by atoms with Crippen LogP contribution in [-0.4, -0.2) is 69.6 Å². The Morgan fingerprint density at radius 1 is 1.05 bits per heavy atom. The van der Waals surface area contributed by atoms with Crippen molar-refractivity contribution in [1.29, 1.82) is 0 Å². The van der Waals surface area contributed by atoms with Crippen molar-refractivity contribution in [2.75, 3.05) is 6.54 Å². The highest BCUT2D eigenvalue weighted by Gasteiger charge is 2.37. The molecule has 11 nitrogen and oxygen atoms in total. The third-order valence-electron chi connectivity index (χ3n) is 7.19. The zero-order valence-electron chi connectivity index (χ0n) is 23.4. The van der Waals surface area contributed by atoms with Gasteiger partial charge in [-0.3, -0.25) is 29.2 Å². The van der Waals surface area contributed by atoms with E-state index in [0.29, 0.717) is 25.1 Å². The minimum Gasteiger partial charge on any atom is -0.449 e. The van der Waals surface area contributed by atoms with Gasteiger partial charge in [0, 0.05) is 11.9 Å². The summed E-state index contributed by atoms with van der Waals surface area (Å²) in [6, 6.07) is 7.45. The van der Waals surface area contributed by atoms with Crippen LogP contribution in [0.1, 0.15) is 64.8 Å². The number of esters is 1. The molecule has 1 aromatic heterocycles. The maximum Gasteiger partial charge on any atom is 0.316 e. The van der Waals surface area contributed by atoms with Crippen molar-refractivity contribution in [2.24, 2.45) is 5.41 Å². The van der Waals surface area contributed by atoms with Gasteiger partial charge in [0.2, 0.25) is 12.0 Å². The van der Waals surface area contributed by atoms with Gasteiger partial charge in [-0.05, 0) is 65.2 Å². The maximum atomic E-state index is 13.1. The summed E-state index contributed by atoms with van der Waals surface area (Å²) < 4.78 is 5.45. The number of nitrogens with one attached hydrogen (secondary N) is 3. The number of hydrazine groups is 1. The highest BCUT2D eigenvalue weighted by atomic mass is 16.6. The van der Waals surface area contributed by atoms with E-state index in [-0.39, 0.29) is 11.9 Å². The molecule has 214 valence electrons. The SMILES string of the molecule is CC1NC(=O)C(C(C)O)OC(=O)C(C)(C)C=Cc2ccc3ccc(nc3c2)C(C)NC(=O)C2CCCN(N2)C1=O. The van der Waals surface area contributed by atoms with E-state index in [4.69, 9.17) is 9.72 Å². The van der Waals surface area contributed by atoms with Crippen LogP contribution >= 0.6 is 0 Å². The van der Waals surface area contributed by atoms with Crippen LogP contribution in [0, 0.1) is 5.41 Å². The van der Waals surface area contributed by atoms with Crippen LogP contribution in [-0.2, 0) is 23.9 Å². The first-order valence-electron chi connectivity index (χ1n) is 13.5. The smallest absolute Gasteiger partial charge is 0.316 e. The molecule has 4 rings (SSSR count). The van der Waals surface area contributed by atoms with Crippen LogP contribution in [0.4, 0.5) is 0 Å². The standard InChI is InChI=1S/C29H37N5O6/c1-16-21-11-10-20-9-8-19(15-23(20)32-21)12-13-29(4,5)28(39)40-24(18(3)35)26(37)31-17(2)27(38)34-14-6-7-22(33-34)25(36)30-16/h8-13,15-18,22,24,33,35H,6-7,14H2,1-5H3,(H,30,36)(H,31,37). The molecular formula is C29H37N5O6. The number of cyclic esters (lactones) is 1. The number of hydrogen-bond donors (Lipinski definition) is 4. The van der Waals surface area contributed by atoms with Crippen molar-refractivity contribution in [2.45, 2.75) is 77.8 Å². The number of aromatic nitrogens is 1. The summed E-state index contributed by atoms with van der Waals surface area (Å²) in [6.07, 6.45) is 1.69. The van der Waals surface area contributed by atoms with Crippen LogP contribution < -0.4 is 16.1 Å². The number of ether oxygens (including phenoxy) is 1. The van der Waals surface area contributed by atoms with Crippen LogP contribution in [0.3, 0.4) is 0 Å². The van der Waals surface area contributed by atoms with Crippen molar-refractivity contribution in [3.63, 3.8) is 0 Å². The summed E-state index contributed by atoms with van der Waals surface area (Å²) in [6.45, 7) is 8.31. The molecule has 11 heteroatoms. The Kier molecular flexibility index (Phi) is 8.55. The number of nitrogens with zero attached hydrogens (tertiary/aromatic N) is 2. The van der Waals surface area contributed by atoms with E-state index in [2.05, 4.69) is 16.1 Å². The van der Waals surface area contributed by atoms with E-state index >= 15 is 0 Å². The lowest BCUT2D eigenvalue weighted by molar-refractivity contribution is -0.168. The number of rotatable bonds is 1. The van der Waals surface area contributed by atoms with Crippen LogP contribution in [0.25, 0.3) is 17.0 Å². The molecule has 0 radical (unpaired) electrons. The predicted molar refractivity (Wildman–Crippen MR) is 148 cm³/mol. The summed E-state index contributed by atoms with van der Waals surface area (Å²) in [7, 11) is 0. The Labute approximate surface area is 233 Å². The number of benzene rings is 1. The quantitative estimate of drug-likeness (QED) is 0.392. The molecule has 1 fully saturated rings. The Hall–Kier alpha value is -3.83. The predicted octanol–water partition coefficient (Wildman–Crippen LogP) is 1.76. The number of carbonyl (C=O) groups excluding carboxylic acids is 4. The van der Waals surface area contributed by atoms with Crippen molar-refractivity contribution in [3.8, 4) is 0 Å². The molecular weight excluding hydrogens is 514 g/mol. The van der Waals surface area contributed by atoms with E-state index in [1.54, 1.807) is 26.0 Å². The number of aliphatic hydroxyl groups is 1. The molecule has 40 heavy (non-hydrogen) atoms. The highest BCUT2D eigenvalue weighted by Crippen LogP contribution is 2.25. The molecule has 2 aliphatic heterocycles.